The first-order valence-electron chi connectivity index (χ1n) is 23.4. The number of aryl methyl sites for hydroxylation is 3. The number of nitrogens with one attached hydrogen (secondary N) is 2. The molecule has 328 valence electrons. The van der Waals surface area contributed by atoms with Crippen molar-refractivity contribution in [3.05, 3.63) is 137 Å². The van der Waals surface area contributed by atoms with Gasteiger partial charge in [-0.05, 0) is 144 Å². The van der Waals surface area contributed by atoms with E-state index in [1.165, 1.54) is 93.1 Å². The highest BCUT2D eigenvalue weighted by Gasteiger charge is 2.42. The van der Waals surface area contributed by atoms with Crippen LogP contribution in [0.4, 0.5) is 11.4 Å². The van der Waals surface area contributed by atoms with Crippen molar-refractivity contribution in [3.63, 3.8) is 0 Å². The summed E-state index contributed by atoms with van der Waals surface area (Å²) in [5.41, 5.74) is 10.8. The zero-order valence-electron chi connectivity index (χ0n) is 36.7. The first-order chi connectivity index (χ1) is 29.8. The van der Waals surface area contributed by atoms with Crippen LogP contribution in [-0.4, -0.2) is 60.7 Å². The Kier molecular flexibility index (Phi) is 13.9. The maximum absolute atomic E-state index is 12.5. The topological polar surface area (TPSA) is 86.8 Å². The summed E-state index contributed by atoms with van der Waals surface area (Å²) in [6.45, 7) is 12.6. The molecule has 8 heteroatoms. The number of pyridine rings is 1. The molecule has 2 N–H and O–H groups in total. The van der Waals surface area contributed by atoms with Gasteiger partial charge in [0.05, 0.1) is 23.6 Å². The number of fused-ring (bicyclic) bond motifs is 4. The quantitative estimate of drug-likeness (QED) is 0.201. The molecule has 0 saturated carbocycles. The van der Waals surface area contributed by atoms with Gasteiger partial charge < -0.3 is 25.2 Å². The summed E-state index contributed by atoms with van der Waals surface area (Å²) in [6.07, 6.45) is 17.2. The number of aromatic nitrogens is 1. The second-order valence-corrected chi connectivity index (χ2v) is 18.4. The number of hydrogen-bond acceptors (Lipinski definition) is 6. The number of allylic oxidation sites excluding steroid dienone is 1. The minimum absolute atomic E-state index is 0. The van der Waals surface area contributed by atoms with Crippen LogP contribution in [0.2, 0.25) is 0 Å². The lowest BCUT2D eigenvalue weighted by atomic mass is 9.78. The van der Waals surface area contributed by atoms with Crippen molar-refractivity contribution < 1.29 is 18.6 Å². The predicted molar refractivity (Wildman–Crippen MR) is 254 cm³/mol. The Morgan fingerprint density at radius 3 is 2.41 bits per heavy atom. The van der Waals surface area contributed by atoms with E-state index < -0.39 is 6.04 Å². The summed E-state index contributed by atoms with van der Waals surface area (Å²) in [4.78, 5) is 34.1. The van der Waals surface area contributed by atoms with Crippen molar-refractivity contribution in [3.8, 4) is 0 Å². The molecule has 1 aromatic heterocycles. The molecule has 4 atom stereocenters. The van der Waals surface area contributed by atoms with Gasteiger partial charge in [0.1, 0.15) is 11.7 Å². The summed E-state index contributed by atoms with van der Waals surface area (Å²) in [6, 6.07) is 32.5. The number of hydrogen-bond donors (Lipinski definition) is 2. The van der Waals surface area contributed by atoms with Crippen LogP contribution in [0.3, 0.4) is 0 Å². The highest BCUT2D eigenvalue weighted by Crippen LogP contribution is 2.42. The minimum atomic E-state index is -0.512. The summed E-state index contributed by atoms with van der Waals surface area (Å²) in [5, 5.41) is 5.49. The fourth-order valence-corrected chi connectivity index (χ4v) is 10.8. The summed E-state index contributed by atoms with van der Waals surface area (Å²) in [7, 11) is 0. The first kappa shape index (κ1) is 42.7. The molecule has 4 aromatic rings. The molecular weight excluding hydrogens is 755 g/mol. The number of piperidine rings is 3. The van der Waals surface area contributed by atoms with E-state index in [0.29, 0.717) is 36.2 Å². The molecule has 0 bridgehead atoms. The van der Waals surface area contributed by atoms with Crippen molar-refractivity contribution in [1.29, 1.82) is 0 Å². The Labute approximate surface area is 369 Å². The number of carbonyl (C=O) groups excluding carboxylic acids is 2. The third-order valence-corrected chi connectivity index (χ3v) is 14.1. The molecule has 10 rings (SSSR count). The molecule has 2 amide bonds. The van der Waals surface area contributed by atoms with Gasteiger partial charge in [0.15, 0.2) is 0 Å². The minimum Gasteiger partial charge on any atom is -0.375 e. The molecule has 0 radical (unpaired) electrons. The number of benzene rings is 3. The van der Waals surface area contributed by atoms with Crippen LogP contribution in [0.1, 0.15) is 139 Å². The Balaban J connectivity index is 0.000000206. The van der Waals surface area contributed by atoms with Gasteiger partial charge in [-0.1, -0.05) is 92.2 Å². The second-order valence-electron chi connectivity index (χ2n) is 18.4. The molecule has 4 saturated heterocycles. The molecule has 1 spiro atoms. The normalized spacial score (nSPS) is 23.8. The lowest BCUT2D eigenvalue weighted by Gasteiger charge is -2.41. The Bertz CT molecular complexity index is 2100. The van der Waals surface area contributed by atoms with E-state index in [9.17, 15) is 9.59 Å². The van der Waals surface area contributed by atoms with Gasteiger partial charge in [0, 0.05) is 47.3 Å². The van der Waals surface area contributed by atoms with Crippen molar-refractivity contribution in [2.45, 2.75) is 134 Å². The fraction of sp³-hybridized carbons (Fsp3) is 0.491. The molecule has 61 heavy (non-hydrogen) atoms. The van der Waals surface area contributed by atoms with E-state index in [1.54, 1.807) is 17.2 Å². The van der Waals surface area contributed by atoms with E-state index in [-0.39, 0.29) is 21.7 Å². The zero-order chi connectivity index (χ0) is 42.2. The molecule has 1 aliphatic carbocycles. The van der Waals surface area contributed by atoms with Crippen LogP contribution in [0.5, 0.6) is 0 Å². The van der Waals surface area contributed by atoms with Crippen molar-refractivity contribution in [1.82, 2.24) is 15.6 Å². The third kappa shape index (κ3) is 10.4. The van der Waals surface area contributed by atoms with Crippen LogP contribution in [0.15, 0.2) is 103 Å². The van der Waals surface area contributed by atoms with Gasteiger partial charge in [-0.2, -0.15) is 0 Å². The van der Waals surface area contributed by atoms with Gasteiger partial charge in [0.25, 0.3) is 5.91 Å². The van der Waals surface area contributed by atoms with E-state index in [2.05, 4.69) is 88.3 Å². The van der Waals surface area contributed by atoms with Gasteiger partial charge in [-0.15, -0.1) is 0 Å². The van der Waals surface area contributed by atoms with E-state index in [1.807, 2.05) is 42.5 Å². The molecule has 4 fully saturated rings. The first-order valence-corrected chi connectivity index (χ1v) is 23.4. The molecule has 6 heterocycles. The number of anilines is 2. The Morgan fingerprint density at radius 1 is 0.902 bits per heavy atom. The van der Waals surface area contributed by atoms with Gasteiger partial charge in [-0.3, -0.25) is 9.59 Å². The standard InChI is InChI=1S/C28H37NO.C19H24N4O2.C6H6.3H2/c1-3-5-22-19-28(30-20-22)14-16-29(17-15-28)25-11-9-23(10-12-25)26-7-4-6-24-18-21(2)8-13-27(24)26;1-12-5-7-16(18(24)20-12)22-19(25)15-9-10-17-14(21-15)8-6-13-4-2-3-11-23(13)17;1-2-4-6-5-3-1;;;/h8-13,18,22,26H,3-7,14-17,19-20H2,1-2H3;9-10,13,16H,1-8,11H2,(H,20,24)(H,22,25);1-6H;3*1H/t22-,26-;13-,16+;;;;/m01..../s1. The number of carbonyl (C=O) groups is 2. The fourth-order valence-electron chi connectivity index (χ4n) is 10.8. The largest absolute Gasteiger partial charge is 0.375 e. The van der Waals surface area contributed by atoms with E-state index >= 15 is 0 Å². The zero-order valence-corrected chi connectivity index (χ0v) is 36.7. The van der Waals surface area contributed by atoms with Gasteiger partial charge in [0.2, 0.25) is 5.91 Å². The van der Waals surface area contributed by atoms with Crippen molar-refractivity contribution >= 4 is 23.2 Å². The lowest BCUT2D eigenvalue weighted by molar-refractivity contribution is -0.123. The number of amides is 2. The monoisotopic (exact) mass is 828 g/mol. The van der Waals surface area contributed by atoms with Crippen LogP contribution in [0, 0.1) is 12.8 Å². The van der Waals surface area contributed by atoms with Crippen LogP contribution in [0.25, 0.3) is 0 Å². The third-order valence-electron chi connectivity index (χ3n) is 14.1. The number of ether oxygens (including phenoxy) is 1. The average molecular weight is 828 g/mol. The van der Waals surface area contributed by atoms with Gasteiger partial charge in [-0.25, -0.2) is 4.98 Å². The number of rotatable bonds is 6. The van der Waals surface area contributed by atoms with Crippen LogP contribution in [-0.2, 0) is 22.4 Å². The highest BCUT2D eigenvalue weighted by molar-refractivity contribution is 5.97. The predicted octanol–water partition coefficient (Wildman–Crippen LogP) is 11.0. The van der Waals surface area contributed by atoms with Crippen LogP contribution < -0.4 is 20.4 Å². The van der Waals surface area contributed by atoms with Crippen molar-refractivity contribution in [2.24, 2.45) is 5.92 Å². The molecule has 3 aromatic carbocycles. The molecule has 5 aliphatic heterocycles. The molecule has 8 nitrogen and oxygen atoms in total. The SMILES string of the molecule is C=C1CC[C@H](NC(=O)c2ccc3c(n2)CC[C@H]2CCCCN32)C(=O)N1.CCC[C@@H]1COC2(CCN(c3ccc([C@@H]4CCCc5cc(C)ccc54)cc3)CC2)C1.[HH].[HH].[HH].c1ccccc1. The van der Waals surface area contributed by atoms with Crippen LogP contribution >= 0.6 is 0 Å². The van der Waals surface area contributed by atoms with E-state index in [0.717, 1.165) is 50.7 Å². The number of nitrogens with zero attached hydrogens (tertiary/aromatic N) is 3. The Hall–Kier alpha value is -4.95. The molecule has 6 aliphatic rings. The maximum atomic E-state index is 12.5. The maximum Gasteiger partial charge on any atom is 0.270 e. The lowest BCUT2D eigenvalue weighted by Crippen LogP contribution is -2.49. The molecular formula is C53H73N5O3. The average Bonchev–Trinajstić information content (AvgIpc) is 3.69. The summed E-state index contributed by atoms with van der Waals surface area (Å²) >= 11 is 0. The Morgan fingerprint density at radius 2 is 1.67 bits per heavy atom. The smallest absolute Gasteiger partial charge is 0.270 e. The van der Waals surface area contributed by atoms with E-state index in [4.69, 9.17) is 4.74 Å². The van der Waals surface area contributed by atoms with Gasteiger partial charge >= 0.3 is 0 Å². The summed E-state index contributed by atoms with van der Waals surface area (Å²) in [5.74, 6) is 0.883. The second kappa shape index (κ2) is 19.8. The summed E-state index contributed by atoms with van der Waals surface area (Å²) < 4.78 is 6.34. The highest BCUT2D eigenvalue weighted by atomic mass is 16.5. The molecule has 0 unspecified atom stereocenters. The van der Waals surface area contributed by atoms with Crippen molar-refractivity contribution in [2.75, 3.05) is 36.0 Å².